The van der Waals surface area contributed by atoms with Gasteiger partial charge in [-0.2, -0.15) is 0 Å². The second kappa shape index (κ2) is 9.47. The normalized spacial score (nSPS) is 16.0. The summed E-state index contributed by atoms with van der Waals surface area (Å²) in [6.45, 7) is 2.88. The summed E-state index contributed by atoms with van der Waals surface area (Å²) in [5.41, 5.74) is 2.49. The average Bonchev–Trinajstić information content (AvgIpc) is 2.83. The first kappa shape index (κ1) is 20.7. The molecule has 31 heavy (non-hydrogen) atoms. The highest BCUT2D eigenvalue weighted by Crippen LogP contribution is 2.30. The number of hydrogen-bond donors (Lipinski definition) is 1. The highest BCUT2D eigenvalue weighted by molar-refractivity contribution is 5.95. The van der Waals surface area contributed by atoms with E-state index in [1.54, 1.807) is 36.4 Å². The lowest BCUT2D eigenvalue weighted by atomic mass is 10.0. The van der Waals surface area contributed by atoms with Crippen LogP contribution >= 0.6 is 0 Å². The van der Waals surface area contributed by atoms with Crippen LogP contribution in [0.2, 0.25) is 0 Å². The Labute approximate surface area is 181 Å². The third kappa shape index (κ3) is 4.77. The van der Waals surface area contributed by atoms with Crippen LogP contribution in [0.1, 0.15) is 63.2 Å². The third-order valence-electron chi connectivity index (χ3n) is 5.48. The minimum Gasteiger partial charge on any atom is -0.348 e. The van der Waals surface area contributed by atoms with Crippen molar-refractivity contribution >= 4 is 11.8 Å². The lowest BCUT2D eigenvalue weighted by Crippen LogP contribution is -2.39. The van der Waals surface area contributed by atoms with E-state index < -0.39 is 0 Å². The summed E-state index contributed by atoms with van der Waals surface area (Å²) >= 11 is 0. The number of aromatic nitrogens is 3. The average molecular weight is 415 g/mol. The predicted octanol–water partition coefficient (Wildman–Crippen LogP) is 3.48. The second-order valence-corrected chi connectivity index (χ2v) is 7.62. The Morgan fingerprint density at radius 2 is 1.87 bits per heavy atom. The first-order valence-electron chi connectivity index (χ1n) is 10.5. The molecule has 158 valence electrons. The first-order valence-corrected chi connectivity index (χ1v) is 10.5. The Morgan fingerprint density at radius 3 is 2.61 bits per heavy atom. The van der Waals surface area contributed by atoms with Crippen LogP contribution in [-0.4, -0.2) is 38.2 Å². The number of piperidine rings is 1. The lowest BCUT2D eigenvalue weighted by Gasteiger charge is -2.34. The minimum absolute atomic E-state index is 0.115. The van der Waals surface area contributed by atoms with Crippen molar-refractivity contribution in [2.75, 3.05) is 6.54 Å². The molecule has 1 unspecified atom stereocenters. The summed E-state index contributed by atoms with van der Waals surface area (Å²) < 4.78 is 0. The number of nitrogens with zero attached hydrogens (tertiary/aromatic N) is 4. The summed E-state index contributed by atoms with van der Waals surface area (Å²) in [7, 11) is 0. The number of likely N-dealkylation sites (tertiary alicyclic amines) is 1. The van der Waals surface area contributed by atoms with Gasteiger partial charge in [0.15, 0.2) is 5.82 Å². The highest BCUT2D eigenvalue weighted by Gasteiger charge is 2.31. The van der Waals surface area contributed by atoms with Crippen LogP contribution in [0.5, 0.6) is 0 Å². The molecule has 0 radical (unpaired) electrons. The molecule has 0 bridgehead atoms. The van der Waals surface area contributed by atoms with Crippen molar-refractivity contribution in [1.29, 1.82) is 0 Å². The molecule has 1 fully saturated rings. The summed E-state index contributed by atoms with van der Waals surface area (Å²) in [6.07, 6.45) is 5.91. The molecule has 1 aromatic carbocycles. The zero-order valence-corrected chi connectivity index (χ0v) is 17.5. The lowest BCUT2D eigenvalue weighted by molar-refractivity contribution is 0.0593. The number of nitrogens with one attached hydrogen (secondary N) is 1. The van der Waals surface area contributed by atoms with Gasteiger partial charge >= 0.3 is 0 Å². The first-order chi connectivity index (χ1) is 15.1. The van der Waals surface area contributed by atoms with Gasteiger partial charge in [0.05, 0.1) is 17.3 Å². The third-order valence-corrected chi connectivity index (χ3v) is 5.48. The van der Waals surface area contributed by atoms with Crippen LogP contribution in [0.4, 0.5) is 0 Å². The number of hydrogen-bond acceptors (Lipinski definition) is 5. The fourth-order valence-corrected chi connectivity index (χ4v) is 3.82. The van der Waals surface area contributed by atoms with Crippen molar-refractivity contribution in [3.8, 4) is 0 Å². The molecular weight excluding hydrogens is 390 g/mol. The van der Waals surface area contributed by atoms with E-state index in [1.165, 1.54) is 0 Å². The monoisotopic (exact) mass is 415 g/mol. The molecule has 7 heteroatoms. The summed E-state index contributed by atoms with van der Waals surface area (Å²) in [5, 5.41) is 2.91. The van der Waals surface area contributed by atoms with Crippen molar-refractivity contribution in [2.24, 2.45) is 0 Å². The smallest absolute Gasteiger partial charge is 0.273 e. The Kier molecular flexibility index (Phi) is 6.31. The number of benzene rings is 1. The molecule has 0 aliphatic carbocycles. The standard InChI is InChI=1S/C24H25N5O2/c1-17-19(23(30)27-15-18-9-3-2-4-10-18)16-26-22(28-17)21-12-6-8-14-29(21)24(31)20-11-5-7-13-25-20/h2-5,7,9-11,13,16,21H,6,8,12,14-15H2,1H3,(H,27,30). The van der Waals surface area contributed by atoms with Gasteiger partial charge in [-0.1, -0.05) is 36.4 Å². The molecule has 3 heterocycles. The maximum atomic E-state index is 13.0. The quantitative estimate of drug-likeness (QED) is 0.689. The second-order valence-electron chi connectivity index (χ2n) is 7.62. The predicted molar refractivity (Wildman–Crippen MR) is 116 cm³/mol. The van der Waals surface area contributed by atoms with Crippen LogP contribution in [0, 0.1) is 6.92 Å². The van der Waals surface area contributed by atoms with Gasteiger partial charge in [0, 0.05) is 25.5 Å². The molecule has 1 aliphatic heterocycles. The largest absolute Gasteiger partial charge is 0.348 e. The van der Waals surface area contributed by atoms with Gasteiger partial charge in [-0.05, 0) is 43.9 Å². The van der Waals surface area contributed by atoms with E-state index in [4.69, 9.17) is 0 Å². The Balaban J connectivity index is 1.50. The molecule has 2 amide bonds. The van der Waals surface area contributed by atoms with Gasteiger partial charge in [0.25, 0.3) is 11.8 Å². The molecule has 1 aliphatic rings. The zero-order valence-electron chi connectivity index (χ0n) is 17.5. The number of carbonyl (C=O) groups excluding carboxylic acids is 2. The van der Waals surface area contributed by atoms with Gasteiger partial charge in [0.2, 0.25) is 0 Å². The van der Waals surface area contributed by atoms with Crippen molar-refractivity contribution in [3.63, 3.8) is 0 Å². The van der Waals surface area contributed by atoms with E-state index in [1.807, 2.05) is 36.4 Å². The maximum absolute atomic E-state index is 13.0. The molecule has 3 aromatic rings. The van der Waals surface area contributed by atoms with Crippen LogP contribution in [-0.2, 0) is 6.54 Å². The Bertz CT molecular complexity index is 1060. The number of aryl methyl sites for hydroxylation is 1. The molecule has 2 aromatic heterocycles. The molecule has 0 spiro atoms. The van der Waals surface area contributed by atoms with Gasteiger partial charge in [-0.25, -0.2) is 9.97 Å². The van der Waals surface area contributed by atoms with Gasteiger partial charge in [0.1, 0.15) is 5.69 Å². The number of carbonyl (C=O) groups is 2. The van der Waals surface area contributed by atoms with Gasteiger partial charge in [-0.3, -0.25) is 14.6 Å². The van der Waals surface area contributed by atoms with E-state index in [0.29, 0.717) is 35.9 Å². The molecule has 7 nitrogen and oxygen atoms in total. The van der Waals surface area contributed by atoms with Crippen molar-refractivity contribution in [3.05, 3.63) is 89.3 Å². The zero-order chi connectivity index (χ0) is 21.6. The van der Waals surface area contributed by atoms with Gasteiger partial charge < -0.3 is 10.2 Å². The molecule has 1 N–H and O–H groups in total. The molecule has 0 saturated carbocycles. The van der Waals surface area contributed by atoms with E-state index in [0.717, 1.165) is 24.8 Å². The maximum Gasteiger partial charge on any atom is 0.273 e. The van der Waals surface area contributed by atoms with E-state index in [9.17, 15) is 9.59 Å². The van der Waals surface area contributed by atoms with Crippen LogP contribution < -0.4 is 5.32 Å². The number of amides is 2. The van der Waals surface area contributed by atoms with Crippen molar-refractivity contribution in [2.45, 2.75) is 38.8 Å². The summed E-state index contributed by atoms with van der Waals surface area (Å²) in [4.78, 5) is 40.7. The summed E-state index contributed by atoms with van der Waals surface area (Å²) in [6, 6.07) is 14.8. The molecule has 4 rings (SSSR count). The van der Waals surface area contributed by atoms with Crippen molar-refractivity contribution in [1.82, 2.24) is 25.2 Å². The number of rotatable bonds is 5. The Hall–Kier alpha value is -3.61. The topological polar surface area (TPSA) is 88.1 Å². The fraction of sp³-hybridized carbons (Fsp3) is 0.292. The highest BCUT2D eigenvalue weighted by atomic mass is 16.2. The van der Waals surface area contributed by atoms with Crippen LogP contribution in [0.25, 0.3) is 0 Å². The minimum atomic E-state index is -0.219. The summed E-state index contributed by atoms with van der Waals surface area (Å²) in [5.74, 6) is 0.246. The molecule has 1 saturated heterocycles. The van der Waals surface area contributed by atoms with Gasteiger partial charge in [-0.15, -0.1) is 0 Å². The Morgan fingerprint density at radius 1 is 1.06 bits per heavy atom. The van der Waals surface area contributed by atoms with E-state index >= 15 is 0 Å². The van der Waals surface area contributed by atoms with Crippen LogP contribution in [0.15, 0.2) is 60.9 Å². The molecular formula is C24H25N5O2. The van der Waals surface area contributed by atoms with Crippen molar-refractivity contribution < 1.29 is 9.59 Å². The van der Waals surface area contributed by atoms with Crippen LogP contribution in [0.3, 0.4) is 0 Å². The molecule has 1 atom stereocenters. The van der Waals surface area contributed by atoms with E-state index in [-0.39, 0.29) is 17.9 Å². The SMILES string of the molecule is Cc1nc(C2CCCCN2C(=O)c2ccccn2)ncc1C(=O)NCc1ccccc1. The van der Waals surface area contributed by atoms with E-state index in [2.05, 4.69) is 20.3 Å². The number of pyridine rings is 1. The fourth-order valence-electron chi connectivity index (χ4n) is 3.82.